The number of nitrogen functional groups attached to an aromatic ring is 1. The van der Waals surface area contributed by atoms with E-state index in [2.05, 4.69) is 25.2 Å². The van der Waals surface area contributed by atoms with Crippen molar-refractivity contribution in [2.24, 2.45) is 5.73 Å². The van der Waals surface area contributed by atoms with Crippen molar-refractivity contribution in [2.75, 3.05) is 29.0 Å². The number of aromatic nitrogens is 3. The molecule has 0 aromatic carbocycles. The molecule has 0 bridgehead atoms. The van der Waals surface area contributed by atoms with E-state index in [4.69, 9.17) is 25.5 Å². The number of amides is 2. The predicted molar refractivity (Wildman–Crippen MR) is 135 cm³/mol. The van der Waals surface area contributed by atoms with Gasteiger partial charge in [-0.2, -0.15) is 0 Å². The summed E-state index contributed by atoms with van der Waals surface area (Å²) in [5, 5.41) is 2.81. The van der Waals surface area contributed by atoms with E-state index in [0.717, 1.165) is 5.69 Å². The first-order chi connectivity index (χ1) is 16.8. The molecule has 13 heteroatoms. The Hall–Kier alpha value is -3.45. The molecule has 2 fully saturated rings. The van der Waals surface area contributed by atoms with Gasteiger partial charge >= 0.3 is 13.2 Å². The highest BCUT2D eigenvalue weighted by molar-refractivity contribution is 6.61. The minimum atomic E-state index is -0.790. The summed E-state index contributed by atoms with van der Waals surface area (Å²) in [4.78, 5) is 39.4. The summed E-state index contributed by atoms with van der Waals surface area (Å²) in [6.45, 7) is 10.7. The molecular weight excluding hydrogens is 465 g/mol. The average Bonchev–Trinajstić information content (AvgIpc) is 3.01. The number of rotatable bonds is 5. The highest BCUT2D eigenvalue weighted by Crippen LogP contribution is 2.36. The molecule has 36 heavy (non-hydrogen) atoms. The maximum absolute atomic E-state index is 13.2. The molecule has 2 saturated heterocycles. The summed E-state index contributed by atoms with van der Waals surface area (Å²) in [6.07, 6.45) is 3.39. The lowest BCUT2D eigenvalue weighted by Crippen LogP contribution is -2.46. The minimum absolute atomic E-state index is 0.0254. The van der Waals surface area contributed by atoms with Crippen molar-refractivity contribution in [3.8, 4) is 0 Å². The van der Waals surface area contributed by atoms with Crippen LogP contribution in [-0.2, 0) is 14.0 Å². The van der Waals surface area contributed by atoms with Gasteiger partial charge in [0.15, 0.2) is 17.3 Å². The fourth-order valence-electron chi connectivity index (χ4n) is 4.14. The lowest BCUT2D eigenvalue weighted by atomic mass is 9.85. The smallest absolute Gasteiger partial charge is 0.443 e. The molecule has 0 radical (unpaired) electrons. The molecule has 192 valence electrons. The van der Waals surface area contributed by atoms with Crippen molar-refractivity contribution in [1.82, 2.24) is 15.0 Å². The highest BCUT2D eigenvalue weighted by atomic mass is 16.7. The van der Waals surface area contributed by atoms with Gasteiger partial charge in [-0.3, -0.25) is 4.79 Å². The Bertz CT molecular complexity index is 1150. The molecule has 4 rings (SSSR count). The van der Waals surface area contributed by atoms with Crippen molar-refractivity contribution >= 4 is 42.0 Å². The first kappa shape index (κ1) is 25.6. The monoisotopic (exact) mass is 497 g/mol. The average molecular weight is 497 g/mol. The number of pyridine rings is 1. The Morgan fingerprint density at radius 3 is 2.36 bits per heavy atom. The van der Waals surface area contributed by atoms with Crippen LogP contribution in [0.2, 0.25) is 0 Å². The van der Waals surface area contributed by atoms with Crippen LogP contribution in [0.3, 0.4) is 0 Å². The minimum Gasteiger partial charge on any atom is -0.443 e. The molecule has 0 spiro atoms. The van der Waals surface area contributed by atoms with Gasteiger partial charge in [0.05, 0.1) is 22.5 Å². The van der Waals surface area contributed by atoms with Crippen LogP contribution in [0.5, 0.6) is 0 Å². The second kappa shape index (κ2) is 9.21. The van der Waals surface area contributed by atoms with E-state index in [1.54, 1.807) is 12.3 Å². The number of piperidine rings is 1. The number of carbonyl (C=O) groups is 2. The van der Waals surface area contributed by atoms with Crippen molar-refractivity contribution < 1.29 is 23.6 Å². The first-order valence-corrected chi connectivity index (χ1v) is 11.8. The van der Waals surface area contributed by atoms with E-state index in [9.17, 15) is 9.59 Å². The van der Waals surface area contributed by atoms with Gasteiger partial charge in [0.1, 0.15) is 5.60 Å². The molecule has 2 aromatic rings. The van der Waals surface area contributed by atoms with Crippen molar-refractivity contribution in [2.45, 2.75) is 64.3 Å². The number of anilines is 3. The molecule has 12 nitrogen and oxygen atoms in total. The molecule has 2 aliphatic rings. The van der Waals surface area contributed by atoms with E-state index in [1.807, 2.05) is 40.7 Å². The first-order valence-electron chi connectivity index (χ1n) is 11.8. The van der Waals surface area contributed by atoms with Crippen LogP contribution in [0.4, 0.5) is 22.1 Å². The van der Waals surface area contributed by atoms with Gasteiger partial charge in [-0.1, -0.05) is 0 Å². The zero-order valence-electron chi connectivity index (χ0n) is 21.2. The summed E-state index contributed by atoms with van der Waals surface area (Å²) in [7, 11) is -0.787. The molecule has 5 N–H and O–H groups in total. The zero-order valence-corrected chi connectivity index (χ0v) is 21.2. The predicted octanol–water partition coefficient (Wildman–Crippen LogP) is 1.46. The topological polar surface area (TPSA) is 168 Å². The second-order valence-electron chi connectivity index (χ2n) is 10.3. The lowest BCUT2D eigenvalue weighted by Gasteiger charge is -2.39. The van der Waals surface area contributed by atoms with E-state index in [0.29, 0.717) is 37.3 Å². The summed E-state index contributed by atoms with van der Waals surface area (Å²) in [5.41, 5.74) is 10.4. The van der Waals surface area contributed by atoms with Crippen molar-refractivity contribution in [3.63, 3.8) is 0 Å². The Labute approximate surface area is 210 Å². The van der Waals surface area contributed by atoms with Gasteiger partial charge in [0.25, 0.3) is 5.91 Å². The molecule has 0 saturated carbocycles. The normalized spacial score (nSPS) is 20.1. The van der Waals surface area contributed by atoms with Crippen molar-refractivity contribution in [1.29, 1.82) is 0 Å². The Kier molecular flexibility index (Phi) is 6.56. The largest absolute Gasteiger partial charge is 0.516 e. The third kappa shape index (κ3) is 5.07. The van der Waals surface area contributed by atoms with Gasteiger partial charge in [0.2, 0.25) is 0 Å². The Morgan fingerprint density at radius 1 is 1.11 bits per heavy atom. The maximum Gasteiger partial charge on any atom is 0.516 e. The SMILES string of the molecule is CC1(OC(N)=O)CCN(c2cccnc2NC(=O)c2nc(B3OC(C)(C)C(C)(C)O3)cnc2N)CC1. The van der Waals surface area contributed by atoms with Crippen LogP contribution in [-0.4, -0.2) is 64.0 Å². The second-order valence-corrected chi connectivity index (χ2v) is 10.3. The number of carbonyl (C=O) groups excluding carboxylic acids is 2. The Balaban J connectivity index is 1.51. The van der Waals surface area contributed by atoms with Crippen LogP contribution in [0.15, 0.2) is 24.5 Å². The van der Waals surface area contributed by atoms with Crippen LogP contribution >= 0.6 is 0 Å². The molecule has 4 heterocycles. The van der Waals surface area contributed by atoms with E-state index in [1.165, 1.54) is 6.20 Å². The lowest BCUT2D eigenvalue weighted by molar-refractivity contribution is 0.00578. The molecule has 2 aliphatic heterocycles. The van der Waals surface area contributed by atoms with Gasteiger partial charge < -0.3 is 35.7 Å². The number of ether oxygens (including phenoxy) is 1. The fourth-order valence-corrected chi connectivity index (χ4v) is 4.14. The van der Waals surface area contributed by atoms with Crippen LogP contribution < -0.4 is 27.3 Å². The van der Waals surface area contributed by atoms with E-state index in [-0.39, 0.29) is 11.5 Å². The van der Waals surface area contributed by atoms with Crippen LogP contribution in [0.25, 0.3) is 0 Å². The van der Waals surface area contributed by atoms with E-state index >= 15 is 0 Å². The number of primary amides is 1. The molecular formula is C23H32BN7O5. The number of hydrogen-bond acceptors (Lipinski definition) is 10. The van der Waals surface area contributed by atoms with Gasteiger partial charge in [0, 0.05) is 38.3 Å². The zero-order chi connectivity index (χ0) is 26.3. The van der Waals surface area contributed by atoms with Crippen molar-refractivity contribution in [3.05, 3.63) is 30.2 Å². The van der Waals surface area contributed by atoms with Gasteiger partial charge in [-0.15, -0.1) is 0 Å². The number of hydrogen-bond donors (Lipinski definition) is 3. The molecule has 0 unspecified atom stereocenters. The van der Waals surface area contributed by atoms with Crippen LogP contribution in [0.1, 0.15) is 57.9 Å². The number of nitrogens with two attached hydrogens (primary N) is 2. The summed E-state index contributed by atoms with van der Waals surface area (Å²) < 4.78 is 17.3. The summed E-state index contributed by atoms with van der Waals surface area (Å²) >= 11 is 0. The molecule has 2 aromatic heterocycles. The standard InChI is InChI=1S/C23H32BN7O5/c1-21(2)22(3,4)36-24(35-21)15-13-28-17(25)16(29-15)19(32)30-18-14(7-6-10-27-18)31-11-8-23(5,9-12-31)34-20(26)33/h6-7,10,13H,8-9,11-12H2,1-5H3,(H2,25,28)(H2,26,33)(H,27,30,32). The van der Waals surface area contributed by atoms with Gasteiger partial charge in [-0.25, -0.2) is 19.7 Å². The third-order valence-corrected chi connectivity index (χ3v) is 7.06. The molecule has 0 aliphatic carbocycles. The molecule has 0 atom stereocenters. The molecule has 2 amide bonds. The Morgan fingerprint density at radius 2 is 1.75 bits per heavy atom. The van der Waals surface area contributed by atoms with Crippen LogP contribution in [0, 0.1) is 0 Å². The summed E-state index contributed by atoms with van der Waals surface area (Å²) in [5.74, 6) is -0.232. The third-order valence-electron chi connectivity index (χ3n) is 7.06. The van der Waals surface area contributed by atoms with Gasteiger partial charge in [-0.05, 0) is 46.8 Å². The quantitative estimate of drug-likeness (QED) is 0.515. The summed E-state index contributed by atoms with van der Waals surface area (Å²) in [6, 6.07) is 3.64. The number of nitrogens with zero attached hydrogens (tertiary/aromatic N) is 4. The fraction of sp³-hybridized carbons (Fsp3) is 0.522. The highest BCUT2D eigenvalue weighted by Gasteiger charge is 2.52. The van der Waals surface area contributed by atoms with E-state index < -0.39 is 35.9 Å². The maximum atomic E-state index is 13.2. The number of nitrogens with one attached hydrogen (secondary N) is 1.